The maximum absolute atomic E-state index is 10.1. The quantitative estimate of drug-likeness (QED) is 0.643. The molecular weight excluding hydrogens is 162 g/mol. The third kappa shape index (κ3) is 3.15. The highest BCUT2D eigenvalue weighted by Gasteiger charge is 1.88. The summed E-state index contributed by atoms with van der Waals surface area (Å²) < 4.78 is 22.5. The van der Waals surface area contributed by atoms with Gasteiger partial charge in [-0.05, 0) is 5.56 Å². The van der Waals surface area contributed by atoms with Crippen LogP contribution in [0.4, 0.5) is 0 Å². The van der Waals surface area contributed by atoms with Crippen molar-refractivity contribution in [2.75, 3.05) is 0 Å². The van der Waals surface area contributed by atoms with Crippen molar-refractivity contribution < 1.29 is 8.42 Å². The molecule has 0 fully saturated rings. The molecule has 0 aliphatic heterocycles. The summed E-state index contributed by atoms with van der Waals surface area (Å²) in [7, 11) is -2.47. The van der Waals surface area contributed by atoms with Crippen molar-refractivity contribution in [3.8, 4) is 0 Å². The average molecular weight is 171 g/mol. The fourth-order valence-corrected chi connectivity index (χ4v) is 1.06. The van der Waals surface area contributed by atoms with Gasteiger partial charge in [-0.25, -0.2) is 13.1 Å². The van der Waals surface area contributed by atoms with E-state index in [1.165, 1.54) is 0 Å². The molecule has 60 valence electrons. The normalized spacial score (nSPS) is 10.3. The lowest BCUT2D eigenvalue weighted by molar-refractivity contribution is 0.601. The maximum atomic E-state index is 10.1. The summed E-state index contributed by atoms with van der Waals surface area (Å²) in [6.45, 7) is 0.375. The fraction of sp³-hybridized carbons (Fsp3) is 0.143. The smallest absolute Gasteiger partial charge is 0.201 e. The van der Waals surface area contributed by atoms with Crippen LogP contribution in [0, 0.1) is 0 Å². The van der Waals surface area contributed by atoms with Gasteiger partial charge in [0, 0.05) is 6.54 Å². The molecule has 0 bridgehead atoms. The molecule has 4 heteroatoms. The van der Waals surface area contributed by atoms with Gasteiger partial charge in [0.25, 0.3) is 0 Å². The Kier molecular flexibility index (Phi) is 3.07. The van der Waals surface area contributed by atoms with E-state index in [9.17, 15) is 8.42 Å². The van der Waals surface area contributed by atoms with Crippen molar-refractivity contribution in [3.05, 3.63) is 35.9 Å². The molecule has 1 rings (SSSR count). The fourth-order valence-electron chi connectivity index (χ4n) is 0.752. The number of hydrogen-bond donors (Lipinski definition) is 2. The molecule has 3 nitrogen and oxygen atoms in total. The van der Waals surface area contributed by atoms with Gasteiger partial charge in [0.2, 0.25) is 10.9 Å². The molecular formula is C7H9NO2S. The molecule has 0 aliphatic carbocycles. The molecule has 0 saturated heterocycles. The highest BCUT2D eigenvalue weighted by Crippen LogP contribution is 1.96. The number of benzene rings is 1. The van der Waals surface area contributed by atoms with Crippen LogP contribution in [-0.2, 0) is 17.4 Å². The van der Waals surface area contributed by atoms with Crippen LogP contribution in [0.2, 0.25) is 0 Å². The van der Waals surface area contributed by atoms with Crippen LogP contribution in [0.15, 0.2) is 30.3 Å². The van der Waals surface area contributed by atoms with Gasteiger partial charge in [0.05, 0.1) is 0 Å². The molecule has 0 amide bonds. The second-order valence-electron chi connectivity index (χ2n) is 2.08. The Morgan fingerprint density at radius 2 is 1.82 bits per heavy atom. The molecule has 1 N–H and O–H groups in total. The van der Waals surface area contributed by atoms with E-state index in [0.29, 0.717) is 6.54 Å². The van der Waals surface area contributed by atoms with E-state index in [0.717, 1.165) is 5.56 Å². The Morgan fingerprint density at radius 1 is 1.18 bits per heavy atom. The highest BCUT2D eigenvalue weighted by atomic mass is 32.2. The van der Waals surface area contributed by atoms with Crippen molar-refractivity contribution in [2.45, 2.75) is 6.54 Å². The minimum atomic E-state index is -2.47. The first-order valence-electron chi connectivity index (χ1n) is 3.21. The van der Waals surface area contributed by atoms with Gasteiger partial charge < -0.3 is 0 Å². The Hall–Kier alpha value is -0.870. The van der Waals surface area contributed by atoms with Crippen molar-refractivity contribution in [2.24, 2.45) is 0 Å². The third-order valence-electron chi connectivity index (χ3n) is 1.26. The van der Waals surface area contributed by atoms with Gasteiger partial charge >= 0.3 is 0 Å². The van der Waals surface area contributed by atoms with Crippen molar-refractivity contribution in [1.82, 2.24) is 4.72 Å². The van der Waals surface area contributed by atoms with Crippen molar-refractivity contribution in [3.63, 3.8) is 0 Å². The second kappa shape index (κ2) is 4.10. The van der Waals surface area contributed by atoms with Crippen LogP contribution < -0.4 is 4.72 Å². The third-order valence-corrected chi connectivity index (χ3v) is 1.67. The first kappa shape index (κ1) is 8.23. The van der Waals surface area contributed by atoms with Crippen LogP contribution in [0.3, 0.4) is 0 Å². The molecule has 1 aromatic rings. The zero-order valence-electron chi connectivity index (χ0n) is 5.86. The van der Waals surface area contributed by atoms with Crippen LogP contribution in [0.5, 0.6) is 0 Å². The van der Waals surface area contributed by atoms with E-state index < -0.39 is 10.9 Å². The zero-order chi connectivity index (χ0) is 8.10. The predicted molar refractivity (Wildman–Crippen MR) is 43.6 cm³/mol. The lowest BCUT2D eigenvalue weighted by atomic mass is 10.2. The first-order valence-corrected chi connectivity index (χ1v) is 4.38. The molecule has 0 atom stereocenters. The molecule has 1 aromatic carbocycles. The van der Waals surface area contributed by atoms with Crippen LogP contribution >= 0.6 is 0 Å². The van der Waals surface area contributed by atoms with Gasteiger partial charge in [-0.2, -0.15) is 0 Å². The Balaban J connectivity index is 2.52. The summed E-state index contributed by atoms with van der Waals surface area (Å²) in [5.74, 6) is 0. The first-order chi connectivity index (χ1) is 5.29. The Morgan fingerprint density at radius 3 is 2.36 bits per heavy atom. The largest absolute Gasteiger partial charge is 0.216 e. The summed E-state index contributed by atoms with van der Waals surface area (Å²) in [6.07, 6.45) is 0. The Bertz CT molecular complexity index is 274. The van der Waals surface area contributed by atoms with E-state index in [1.54, 1.807) is 0 Å². The van der Waals surface area contributed by atoms with Gasteiger partial charge in [0.15, 0.2) is 0 Å². The van der Waals surface area contributed by atoms with Crippen LogP contribution in [-0.4, -0.2) is 8.42 Å². The van der Waals surface area contributed by atoms with E-state index in [4.69, 9.17) is 0 Å². The van der Waals surface area contributed by atoms with E-state index in [1.807, 2.05) is 30.3 Å². The van der Waals surface area contributed by atoms with E-state index in [2.05, 4.69) is 4.72 Å². The van der Waals surface area contributed by atoms with Crippen LogP contribution in [0.25, 0.3) is 0 Å². The van der Waals surface area contributed by atoms with Gasteiger partial charge in [-0.1, -0.05) is 30.3 Å². The van der Waals surface area contributed by atoms with Crippen LogP contribution in [0.1, 0.15) is 5.56 Å². The van der Waals surface area contributed by atoms with E-state index >= 15 is 0 Å². The lowest BCUT2D eigenvalue weighted by Crippen LogP contribution is -2.09. The number of thiol groups is 1. The van der Waals surface area contributed by atoms with Gasteiger partial charge in [-0.15, -0.1) is 0 Å². The molecule has 11 heavy (non-hydrogen) atoms. The molecule has 0 spiro atoms. The lowest BCUT2D eigenvalue weighted by Gasteiger charge is -1.95. The molecule has 0 heterocycles. The maximum Gasteiger partial charge on any atom is 0.201 e. The number of nitrogens with one attached hydrogen (secondary N) is 1. The zero-order valence-corrected chi connectivity index (χ0v) is 6.75. The standard InChI is InChI=1S/C7H9NO2S/c9-11(10)8-6-7-4-2-1-3-5-7/h1-5,11H,6H2,(H,8,9,10). The molecule has 0 aromatic heterocycles. The number of hydrogen-bond acceptors (Lipinski definition) is 2. The summed E-state index contributed by atoms with van der Waals surface area (Å²) in [4.78, 5) is 0. The topological polar surface area (TPSA) is 46.2 Å². The SMILES string of the molecule is O=[SH](=O)NCc1ccccc1. The van der Waals surface area contributed by atoms with E-state index in [-0.39, 0.29) is 0 Å². The van der Waals surface area contributed by atoms with Crippen molar-refractivity contribution >= 4 is 10.9 Å². The average Bonchev–Trinajstić information content (AvgIpc) is 2.03. The summed E-state index contributed by atoms with van der Waals surface area (Å²) >= 11 is 0. The van der Waals surface area contributed by atoms with Gasteiger partial charge in [0.1, 0.15) is 0 Å². The highest BCUT2D eigenvalue weighted by molar-refractivity contribution is 7.70. The molecule has 0 saturated carbocycles. The van der Waals surface area contributed by atoms with Crippen molar-refractivity contribution in [1.29, 1.82) is 0 Å². The number of rotatable bonds is 3. The minimum absolute atomic E-state index is 0.375. The molecule has 0 aliphatic rings. The summed E-state index contributed by atoms with van der Waals surface area (Å²) in [5.41, 5.74) is 0.965. The summed E-state index contributed by atoms with van der Waals surface area (Å²) in [5, 5.41) is 0. The molecule has 0 unspecified atom stereocenters. The monoisotopic (exact) mass is 171 g/mol. The Labute approximate surface area is 67.1 Å². The second-order valence-corrected chi connectivity index (χ2v) is 2.91. The minimum Gasteiger partial charge on any atom is -0.216 e. The summed E-state index contributed by atoms with van der Waals surface area (Å²) in [6, 6.07) is 9.36. The predicted octanol–water partition coefficient (Wildman–Crippen LogP) is 0.303. The molecule has 0 radical (unpaired) electrons. The van der Waals surface area contributed by atoms with Gasteiger partial charge in [-0.3, -0.25) is 0 Å².